The molecular formula is C12H15BrCl2O3S. The molecule has 108 valence electrons. The molecule has 0 aliphatic rings. The predicted molar refractivity (Wildman–Crippen MR) is 82.8 cm³/mol. The van der Waals surface area contributed by atoms with E-state index in [0.29, 0.717) is 10.6 Å². The van der Waals surface area contributed by atoms with E-state index in [1.807, 2.05) is 0 Å². The molecule has 0 fully saturated rings. The number of hydrogen-bond donors (Lipinski definition) is 1. The van der Waals surface area contributed by atoms with Crippen molar-refractivity contribution in [2.24, 2.45) is 0 Å². The highest BCUT2D eigenvalue weighted by atomic mass is 79.9. The van der Waals surface area contributed by atoms with Crippen LogP contribution in [0.4, 0.5) is 0 Å². The molecule has 0 aromatic heterocycles. The summed E-state index contributed by atoms with van der Waals surface area (Å²) < 4.78 is 22.9. The maximum absolute atomic E-state index is 12.2. The first-order chi connectivity index (χ1) is 8.69. The quantitative estimate of drug-likeness (QED) is 0.775. The van der Waals surface area contributed by atoms with Crippen LogP contribution >= 0.6 is 39.1 Å². The average molecular weight is 390 g/mol. The van der Waals surface area contributed by atoms with Gasteiger partial charge in [0.1, 0.15) is 6.10 Å². The predicted octanol–water partition coefficient (Wildman–Crippen LogP) is 3.96. The molecule has 0 saturated carbocycles. The summed E-state index contributed by atoms with van der Waals surface area (Å²) in [4.78, 5) is 0. The molecule has 0 bridgehead atoms. The minimum Gasteiger partial charge on any atom is -0.386 e. The molecule has 2 atom stereocenters. The summed E-state index contributed by atoms with van der Waals surface area (Å²) in [5, 5.41) is 11.1. The molecule has 0 radical (unpaired) electrons. The number of sulfone groups is 1. The van der Waals surface area contributed by atoms with Gasteiger partial charge in [-0.05, 0) is 18.6 Å². The van der Waals surface area contributed by atoms with Crippen LogP contribution in [0, 0.1) is 0 Å². The van der Waals surface area contributed by atoms with E-state index in [2.05, 4.69) is 15.9 Å². The number of hydrogen-bond acceptors (Lipinski definition) is 3. The van der Waals surface area contributed by atoms with Crippen LogP contribution in [0.3, 0.4) is 0 Å². The molecular weight excluding hydrogens is 375 g/mol. The van der Waals surface area contributed by atoms with Gasteiger partial charge in [-0.2, -0.15) is 0 Å². The van der Waals surface area contributed by atoms with Crippen LogP contribution in [0.5, 0.6) is 0 Å². The Balaban J connectivity index is 3.34. The molecule has 1 aromatic rings. The summed E-state index contributed by atoms with van der Waals surface area (Å²) in [6.45, 7) is 3.23. The number of aliphatic hydroxyl groups is 1. The monoisotopic (exact) mass is 388 g/mol. The van der Waals surface area contributed by atoms with Gasteiger partial charge in [0.15, 0.2) is 13.5 Å². The summed E-state index contributed by atoms with van der Waals surface area (Å²) in [6, 6.07) is 4.57. The van der Waals surface area contributed by atoms with Crippen molar-refractivity contribution in [1.29, 1.82) is 0 Å². The van der Waals surface area contributed by atoms with Crippen molar-refractivity contribution in [3.63, 3.8) is 0 Å². The molecule has 0 spiro atoms. The minimum absolute atomic E-state index is 0.0750. The zero-order valence-electron chi connectivity index (χ0n) is 10.5. The highest BCUT2D eigenvalue weighted by Crippen LogP contribution is 2.44. The van der Waals surface area contributed by atoms with Crippen LogP contribution in [0.25, 0.3) is 0 Å². The summed E-state index contributed by atoms with van der Waals surface area (Å²) in [7, 11) is -3.51. The van der Waals surface area contributed by atoms with Crippen molar-refractivity contribution < 1.29 is 13.5 Å². The molecule has 0 unspecified atom stereocenters. The third kappa shape index (κ3) is 3.27. The topological polar surface area (TPSA) is 54.4 Å². The van der Waals surface area contributed by atoms with Crippen LogP contribution in [0.2, 0.25) is 10.0 Å². The van der Waals surface area contributed by atoms with Gasteiger partial charge in [0.25, 0.3) is 0 Å². The molecule has 0 aliphatic heterocycles. The minimum atomic E-state index is -3.51. The molecule has 0 saturated heterocycles. The lowest BCUT2D eigenvalue weighted by Crippen LogP contribution is -2.39. The lowest BCUT2D eigenvalue weighted by molar-refractivity contribution is 0.160. The molecule has 1 rings (SSSR count). The van der Waals surface area contributed by atoms with Gasteiger partial charge < -0.3 is 5.11 Å². The second-order valence-corrected chi connectivity index (χ2v) is 9.43. The fraction of sp³-hybridized carbons (Fsp3) is 0.500. The van der Waals surface area contributed by atoms with Crippen molar-refractivity contribution in [2.45, 2.75) is 30.0 Å². The number of aliphatic hydroxyl groups excluding tert-OH is 1. The van der Waals surface area contributed by atoms with Crippen molar-refractivity contribution in [2.75, 3.05) is 5.75 Å². The van der Waals surface area contributed by atoms with Gasteiger partial charge in [-0.25, -0.2) is 8.42 Å². The number of rotatable bonds is 5. The van der Waals surface area contributed by atoms with E-state index in [-0.39, 0.29) is 17.2 Å². The molecule has 0 heterocycles. The molecule has 1 aromatic carbocycles. The van der Waals surface area contributed by atoms with Crippen LogP contribution in [0.1, 0.15) is 31.9 Å². The third-order valence-corrected chi connectivity index (χ3v) is 8.39. The third-order valence-electron chi connectivity index (χ3n) is 3.04. The fourth-order valence-electron chi connectivity index (χ4n) is 1.78. The van der Waals surface area contributed by atoms with Gasteiger partial charge in [0.2, 0.25) is 0 Å². The zero-order valence-corrected chi connectivity index (χ0v) is 14.4. The zero-order chi connectivity index (χ0) is 14.8. The number of halogens is 3. The van der Waals surface area contributed by atoms with Crippen LogP contribution in [-0.2, 0) is 9.84 Å². The Hall–Kier alpha value is 0.190. The second kappa shape index (κ2) is 6.31. The lowest BCUT2D eigenvalue weighted by atomic mass is 10.0. The Morgan fingerprint density at radius 2 is 1.95 bits per heavy atom. The molecule has 1 N–H and O–H groups in total. The summed E-state index contributed by atoms with van der Waals surface area (Å²) in [5.41, 5.74) is 0.335. The smallest absolute Gasteiger partial charge is 0.168 e. The molecule has 0 aliphatic carbocycles. The molecule has 19 heavy (non-hydrogen) atoms. The molecule has 0 amide bonds. The Morgan fingerprint density at radius 3 is 2.37 bits per heavy atom. The Bertz CT molecular complexity index is 562. The van der Waals surface area contributed by atoms with E-state index >= 15 is 0 Å². The first-order valence-corrected chi connectivity index (χ1v) is 8.94. The van der Waals surface area contributed by atoms with Gasteiger partial charge >= 0.3 is 0 Å². The van der Waals surface area contributed by atoms with E-state index in [0.717, 1.165) is 0 Å². The summed E-state index contributed by atoms with van der Waals surface area (Å²) in [5.74, 6) is -0.0750. The van der Waals surface area contributed by atoms with Gasteiger partial charge in [-0.15, -0.1) is 0 Å². The van der Waals surface area contributed by atoms with Crippen LogP contribution < -0.4 is 0 Å². The van der Waals surface area contributed by atoms with Crippen molar-refractivity contribution in [3.05, 3.63) is 33.8 Å². The van der Waals surface area contributed by atoms with Gasteiger partial charge in [-0.3, -0.25) is 0 Å². The Morgan fingerprint density at radius 1 is 1.37 bits per heavy atom. The number of alkyl halides is 1. The van der Waals surface area contributed by atoms with Crippen molar-refractivity contribution in [1.82, 2.24) is 0 Å². The summed E-state index contributed by atoms with van der Waals surface area (Å²) >= 11 is 15.0. The summed E-state index contributed by atoms with van der Waals surface area (Å²) in [6.07, 6.45) is -1.06. The van der Waals surface area contributed by atoms with E-state index in [1.54, 1.807) is 13.0 Å². The standard InChI is InChI=1S/C12H15BrCl2O3S/c1-3-12(13,19(17,18)4-2)11(16)9-6-5-8(14)7-10(9)15/h5-7,11,16H,3-4H2,1-2H3/t11-,12+/m1/s1. The first-order valence-electron chi connectivity index (χ1n) is 5.73. The van der Waals surface area contributed by atoms with E-state index in [4.69, 9.17) is 23.2 Å². The van der Waals surface area contributed by atoms with Crippen LogP contribution in [-0.4, -0.2) is 22.9 Å². The largest absolute Gasteiger partial charge is 0.386 e. The lowest BCUT2D eigenvalue weighted by Gasteiger charge is -2.31. The average Bonchev–Trinajstić information content (AvgIpc) is 2.36. The van der Waals surface area contributed by atoms with Crippen LogP contribution in [0.15, 0.2) is 18.2 Å². The maximum atomic E-state index is 12.2. The normalized spacial score (nSPS) is 16.9. The van der Waals surface area contributed by atoms with Gasteiger partial charge in [0.05, 0.1) is 0 Å². The first kappa shape index (κ1) is 17.2. The van der Waals surface area contributed by atoms with Gasteiger partial charge in [-0.1, -0.05) is 59.0 Å². The van der Waals surface area contributed by atoms with Crippen molar-refractivity contribution >= 4 is 49.0 Å². The van der Waals surface area contributed by atoms with E-state index < -0.39 is 19.6 Å². The van der Waals surface area contributed by atoms with E-state index in [9.17, 15) is 13.5 Å². The highest BCUT2D eigenvalue weighted by Gasteiger charge is 2.46. The SMILES string of the molecule is CC[C@@](Br)([C@H](O)c1ccc(Cl)cc1Cl)S(=O)(=O)CC. The second-order valence-electron chi connectivity index (χ2n) is 4.11. The van der Waals surface area contributed by atoms with Gasteiger partial charge in [0, 0.05) is 21.4 Å². The number of benzene rings is 1. The Labute approximate surface area is 132 Å². The molecule has 3 nitrogen and oxygen atoms in total. The highest BCUT2D eigenvalue weighted by molar-refractivity contribution is 9.11. The molecule has 7 heteroatoms. The Kier molecular flexibility index (Phi) is 5.72. The maximum Gasteiger partial charge on any atom is 0.168 e. The van der Waals surface area contributed by atoms with E-state index in [1.165, 1.54) is 19.1 Å². The fourth-order valence-corrected chi connectivity index (χ4v) is 4.61. The van der Waals surface area contributed by atoms with Crippen molar-refractivity contribution in [3.8, 4) is 0 Å².